The van der Waals surface area contributed by atoms with E-state index < -0.39 is 17.6 Å². The second kappa shape index (κ2) is 4.91. The van der Waals surface area contributed by atoms with Gasteiger partial charge >= 0.3 is 6.18 Å². The molecule has 1 heterocycles. The van der Waals surface area contributed by atoms with Gasteiger partial charge in [-0.15, -0.1) is 0 Å². The van der Waals surface area contributed by atoms with Gasteiger partial charge in [0.05, 0.1) is 16.9 Å². The molecule has 0 aliphatic rings. The van der Waals surface area contributed by atoms with Crippen LogP contribution < -0.4 is 5.73 Å². The molecule has 0 unspecified atom stereocenters. The molecular formula is C14H15F3N4. The van der Waals surface area contributed by atoms with E-state index in [1.807, 2.05) is 20.8 Å². The Morgan fingerprint density at radius 3 is 2.29 bits per heavy atom. The monoisotopic (exact) mass is 296 g/mol. The number of amidine groups is 1. The molecule has 0 saturated carbocycles. The first-order chi connectivity index (χ1) is 9.62. The lowest BCUT2D eigenvalue weighted by Gasteiger charge is -2.14. The summed E-state index contributed by atoms with van der Waals surface area (Å²) in [6.07, 6.45) is -4.55. The molecule has 0 spiro atoms. The number of hydrogen-bond acceptors (Lipinski definition) is 2. The predicted octanol–water partition coefficient (Wildman–Crippen LogP) is 3.10. The van der Waals surface area contributed by atoms with Crippen molar-refractivity contribution in [2.75, 3.05) is 0 Å². The van der Waals surface area contributed by atoms with Crippen LogP contribution >= 0.6 is 0 Å². The van der Waals surface area contributed by atoms with E-state index in [2.05, 4.69) is 5.10 Å². The predicted molar refractivity (Wildman–Crippen MR) is 73.8 cm³/mol. The van der Waals surface area contributed by atoms with Gasteiger partial charge in [0, 0.05) is 11.3 Å². The maximum atomic E-state index is 12.9. The molecule has 2 aromatic rings. The van der Waals surface area contributed by atoms with Crippen molar-refractivity contribution in [3.63, 3.8) is 0 Å². The zero-order valence-corrected chi connectivity index (χ0v) is 11.8. The summed E-state index contributed by atoms with van der Waals surface area (Å²) in [4.78, 5) is 0. The van der Waals surface area contributed by atoms with Gasteiger partial charge in [-0.2, -0.15) is 18.3 Å². The maximum Gasteiger partial charge on any atom is 0.417 e. The third-order valence-electron chi connectivity index (χ3n) is 3.50. The van der Waals surface area contributed by atoms with Gasteiger partial charge in [0.2, 0.25) is 0 Å². The van der Waals surface area contributed by atoms with E-state index >= 15 is 0 Å². The Morgan fingerprint density at radius 2 is 1.86 bits per heavy atom. The molecule has 2 rings (SSSR count). The summed E-state index contributed by atoms with van der Waals surface area (Å²) in [5.74, 6) is -0.623. The largest absolute Gasteiger partial charge is 0.417 e. The van der Waals surface area contributed by atoms with Gasteiger partial charge < -0.3 is 5.73 Å². The Hall–Kier alpha value is -2.31. The van der Waals surface area contributed by atoms with Crippen molar-refractivity contribution in [2.24, 2.45) is 5.73 Å². The standard InChI is InChI=1S/C14H15F3N4/c1-7-8(2)20-21(9(7)3)10-4-5-12(14(15,16)17)11(6-10)13(18)19/h4-6H,1-3H3,(H3,18,19). The number of nitrogen functional groups attached to an aromatic ring is 1. The molecule has 1 aromatic carbocycles. The van der Waals surface area contributed by atoms with Crippen LogP contribution in [0.2, 0.25) is 0 Å². The summed E-state index contributed by atoms with van der Waals surface area (Å²) in [5, 5.41) is 11.7. The van der Waals surface area contributed by atoms with Crippen LogP contribution in [0.5, 0.6) is 0 Å². The van der Waals surface area contributed by atoms with Crippen molar-refractivity contribution in [3.8, 4) is 5.69 Å². The van der Waals surface area contributed by atoms with Crippen LogP contribution in [0.3, 0.4) is 0 Å². The van der Waals surface area contributed by atoms with Gasteiger partial charge in [-0.05, 0) is 44.5 Å². The Labute approximate surface area is 119 Å². The zero-order valence-electron chi connectivity index (χ0n) is 11.8. The van der Waals surface area contributed by atoms with Crippen LogP contribution in [-0.4, -0.2) is 15.6 Å². The number of nitrogens with two attached hydrogens (primary N) is 1. The van der Waals surface area contributed by atoms with E-state index in [-0.39, 0.29) is 5.56 Å². The van der Waals surface area contributed by atoms with Crippen molar-refractivity contribution in [3.05, 3.63) is 46.3 Å². The highest BCUT2D eigenvalue weighted by molar-refractivity contribution is 5.97. The molecule has 112 valence electrons. The highest BCUT2D eigenvalue weighted by atomic mass is 19.4. The Balaban J connectivity index is 2.65. The Morgan fingerprint density at radius 1 is 1.24 bits per heavy atom. The second-order valence-corrected chi connectivity index (χ2v) is 4.85. The lowest BCUT2D eigenvalue weighted by Crippen LogP contribution is -2.19. The number of halogens is 3. The summed E-state index contributed by atoms with van der Waals surface area (Å²) in [5.41, 5.74) is 7.08. The van der Waals surface area contributed by atoms with Crippen LogP contribution in [0.4, 0.5) is 13.2 Å². The summed E-state index contributed by atoms with van der Waals surface area (Å²) in [7, 11) is 0. The maximum absolute atomic E-state index is 12.9. The minimum Gasteiger partial charge on any atom is -0.384 e. The molecule has 0 amide bonds. The number of aromatic nitrogens is 2. The summed E-state index contributed by atoms with van der Waals surface area (Å²) in [6, 6.07) is 3.50. The molecule has 0 bridgehead atoms. The van der Waals surface area contributed by atoms with Crippen LogP contribution in [-0.2, 0) is 6.18 Å². The quantitative estimate of drug-likeness (QED) is 0.660. The van der Waals surface area contributed by atoms with Gasteiger partial charge in [-0.25, -0.2) is 4.68 Å². The fraction of sp³-hybridized carbons (Fsp3) is 0.286. The first-order valence-corrected chi connectivity index (χ1v) is 6.21. The normalized spacial score (nSPS) is 11.7. The topological polar surface area (TPSA) is 67.7 Å². The molecule has 0 aliphatic carbocycles. The van der Waals surface area contributed by atoms with Crippen molar-refractivity contribution < 1.29 is 13.2 Å². The first kappa shape index (κ1) is 15.1. The third-order valence-corrected chi connectivity index (χ3v) is 3.50. The van der Waals surface area contributed by atoms with Gasteiger partial charge in [-0.1, -0.05) is 0 Å². The number of aryl methyl sites for hydroxylation is 1. The number of nitrogens with zero attached hydrogens (tertiary/aromatic N) is 2. The number of hydrogen-bond donors (Lipinski definition) is 2. The average Bonchev–Trinajstić information content (AvgIpc) is 2.64. The molecule has 4 nitrogen and oxygen atoms in total. The van der Waals surface area contributed by atoms with E-state index in [9.17, 15) is 13.2 Å². The van der Waals surface area contributed by atoms with Crippen molar-refractivity contribution in [2.45, 2.75) is 26.9 Å². The van der Waals surface area contributed by atoms with E-state index in [0.29, 0.717) is 5.69 Å². The van der Waals surface area contributed by atoms with Crippen LogP contribution in [0.15, 0.2) is 18.2 Å². The van der Waals surface area contributed by atoms with Crippen LogP contribution in [0, 0.1) is 26.2 Å². The molecular weight excluding hydrogens is 281 g/mol. The molecule has 0 aliphatic heterocycles. The number of alkyl halides is 3. The van der Waals surface area contributed by atoms with Crippen molar-refractivity contribution in [1.82, 2.24) is 9.78 Å². The zero-order chi connectivity index (χ0) is 15.9. The summed E-state index contributed by atoms with van der Waals surface area (Å²) >= 11 is 0. The average molecular weight is 296 g/mol. The SMILES string of the molecule is Cc1nn(-c2ccc(C(F)(F)F)c(C(=N)N)c2)c(C)c1C. The Kier molecular flexibility index (Phi) is 3.52. The van der Waals surface area contributed by atoms with E-state index in [0.717, 1.165) is 23.0 Å². The van der Waals surface area contributed by atoms with Gasteiger partial charge in [-0.3, -0.25) is 5.41 Å². The lowest BCUT2D eigenvalue weighted by molar-refractivity contribution is -0.137. The minimum atomic E-state index is -4.55. The number of nitrogens with one attached hydrogen (secondary N) is 1. The van der Waals surface area contributed by atoms with E-state index in [1.54, 1.807) is 4.68 Å². The summed E-state index contributed by atoms with van der Waals surface area (Å²) in [6.45, 7) is 5.55. The molecule has 1 aromatic heterocycles. The van der Waals surface area contributed by atoms with Gasteiger partial charge in [0.1, 0.15) is 5.84 Å². The molecule has 0 atom stereocenters. The molecule has 0 radical (unpaired) electrons. The fourth-order valence-electron chi connectivity index (χ4n) is 2.11. The minimum absolute atomic E-state index is 0.342. The fourth-order valence-corrected chi connectivity index (χ4v) is 2.11. The van der Waals surface area contributed by atoms with Crippen LogP contribution in [0.1, 0.15) is 28.1 Å². The summed E-state index contributed by atoms with van der Waals surface area (Å²) < 4.78 is 40.3. The highest BCUT2D eigenvalue weighted by Gasteiger charge is 2.34. The molecule has 3 N–H and O–H groups in total. The van der Waals surface area contributed by atoms with Crippen LogP contribution in [0.25, 0.3) is 5.69 Å². The number of rotatable bonds is 2. The van der Waals surface area contributed by atoms with Gasteiger partial charge in [0.15, 0.2) is 0 Å². The smallest absolute Gasteiger partial charge is 0.384 e. The third kappa shape index (κ3) is 2.63. The molecule has 7 heteroatoms. The van der Waals surface area contributed by atoms with Crippen molar-refractivity contribution >= 4 is 5.84 Å². The first-order valence-electron chi connectivity index (χ1n) is 6.21. The van der Waals surface area contributed by atoms with Crippen molar-refractivity contribution in [1.29, 1.82) is 5.41 Å². The van der Waals surface area contributed by atoms with E-state index in [4.69, 9.17) is 11.1 Å². The molecule has 21 heavy (non-hydrogen) atoms. The highest BCUT2D eigenvalue weighted by Crippen LogP contribution is 2.33. The molecule has 0 saturated heterocycles. The molecule has 0 fully saturated rings. The Bertz CT molecular complexity index is 714. The van der Waals surface area contributed by atoms with E-state index in [1.165, 1.54) is 12.1 Å². The lowest BCUT2D eigenvalue weighted by atomic mass is 10.0. The van der Waals surface area contributed by atoms with Gasteiger partial charge in [0.25, 0.3) is 0 Å². The second-order valence-electron chi connectivity index (χ2n) is 4.85. The number of benzene rings is 1.